The van der Waals surface area contributed by atoms with Gasteiger partial charge in [-0.3, -0.25) is 9.59 Å². The Bertz CT molecular complexity index is 573. The first-order chi connectivity index (χ1) is 10.4. The van der Waals surface area contributed by atoms with Crippen LogP contribution in [0.5, 0.6) is 0 Å². The number of amides is 2. The number of aliphatic carboxylic acids is 1. The lowest BCUT2D eigenvalue weighted by Crippen LogP contribution is -2.50. The molecule has 0 aromatic heterocycles. The maximum Gasteiger partial charge on any atom is 0.326 e. The Morgan fingerprint density at radius 3 is 2.50 bits per heavy atom. The summed E-state index contributed by atoms with van der Waals surface area (Å²) in [6, 6.07) is 7.31. The highest BCUT2D eigenvalue weighted by Crippen LogP contribution is 2.22. The second-order valence-corrected chi connectivity index (χ2v) is 5.49. The molecule has 0 spiro atoms. The molecular formula is C16H20N2O4. The van der Waals surface area contributed by atoms with Crippen LogP contribution in [0, 0.1) is 0 Å². The highest BCUT2D eigenvalue weighted by Gasteiger charge is 2.37. The summed E-state index contributed by atoms with van der Waals surface area (Å²) in [6.07, 6.45) is 1.30. The van der Waals surface area contributed by atoms with E-state index in [-0.39, 0.29) is 11.8 Å². The van der Waals surface area contributed by atoms with E-state index in [9.17, 15) is 14.4 Å². The second kappa shape index (κ2) is 6.60. The summed E-state index contributed by atoms with van der Waals surface area (Å²) in [5.74, 6) is -1.57. The molecule has 6 nitrogen and oxygen atoms in total. The van der Waals surface area contributed by atoms with Crippen LogP contribution in [0.15, 0.2) is 30.3 Å². The molecule has 0 radical (unpaired) electrons. The van der Waals surface area contributed by atoms with Gasteiger partial charge in [-0.15, -0.1) is 0 Å². The van der Waals surface area contributed by atoms with E-state index in [1.807, 2.05) is 6.07 Å². The van der Waals surface area contributed by atoms with E-state index in [1.54, 1.807) is 29.2 Å². The summed E-state index contributed by atoms with van der Waals surface area (Å²) < 4.78 is 0. The maximum absolute atomic E-state index is 12.5. The van der Waals surface area contributed by atoms with Crippen molar-refractivity contribution in [1.29, 1.82) is 0 Å². The predicted octanol–water partition coefficient (Wildman–Crippen LogP) is 1.22. The fourth-order valence-electron chi connectivity index (χ4n) is 2.60. The number of carboxylic acid groups (broad SMARTS) is 1. The van der Waals surface area contributed by atoms with Gasteiger partial charge in [-0.1, -0.05) is 18.2 Å². The van der Waals surface area contributed by atoms with Gasteiger partial charge in [0.1, 0.15) is 12.1 Å². The summed E-state index contributed by atoms with van der Waals surface area (Å²) in [5.41, 5.74) is 0.538. The van der Waals surface area contributed by atoms with E-state index in [2.05, 4.69) is 0 Å². The quantitative estimate of drug-likeness (QED) is 0.907. The average molecular weight is 304 g/mol. The minimum Gasteiger partial charge on any atom is -0.480 e. The van der Waals surface area contributed by atoms with E-state index in [0.717, 1.165) is 6.42 Å². The Morgan fingerprint density at radius 1 is 1.27 bits per heavy atom. The molecule has 0 bridgehead atoms. The number of likely N-dealkylation sites (tertiary alicyclic amines) is 1. The Kier molecular flexibility index (Phi) is 4.80. The van der Waals surface area contributed by atoms with Crippen molar-refractivity contribution >= 4 is 17.8 Å². The maximum atomic E-state index is 12.5. The Balaban J connectivity index is 2.15. The number of hydrogen-bond donors (Lipinski definition) is 1. The zero-order valence-electron chi connectivity index (χ0n) is 12.7. The number of nitrogens with zero attached hydrogens (tertiary/aromatic N) is 2. The summed E-state index contributed by atoms with van der Waals surface area (Å²) in [5, 5.41) is 9.02. The van der Waals surface area contributed by atoms with Crippen LogP contribution >= 0.6 is 0 Å². The van der Waals surface area contributed by atoms with Gasteiger partial charge in [0.25, 0.3) is 5.91 Å². The van der Waals surface area contributed by atoms with Gasteiger partial charge in [0.2, 0.25) is 5.91 Å². The number of likely N-dealkylation sites (N-methyl/N-ethyl adjacent to an activating group) is 1. The minimum absolute atomic E-state index is 0.187. The molecule has 1 aromatic carbocycles. The van der Waals surface area contributed by atoms with E-state index in [1.165, 1.54) is 18.9 Å². The Labute approximate surface area is 129 Å². The molecule has 2 amide bonds. The summed E-state index contributed by atoms with van der Waals surface area (Å²) in [6.45, 7) is 1.97. The highest BCUT2D eigenvalue weighted by atomic mass is 16.4. The number of carbonyl (C=O) groups excluding carboxylic acids is 2. The van der Waals surface area contributed by atoms with Gasteiger partial charge < -0.3 is 14.9 Å². The van der Waals surface area contributed by atoms with Crippen molar-refractivity contribution in [1.82, 2.24) is 9.80 Å². The molecule has 0 aliphatic carbocycles. The first-order valence-corrected chi connectivity index (χ1v) is 7.29. The van der Waals surface area contributed by atoms with Gasteiger partial charge in [-0.2, -0.15) is 0 Å². The predicted molar refractivity (Wildman–Crippen MR) is 80.4 cm³/mol. The largest absolute Gasteiger partial charge is 0.480 e. The SMILES string of the molecule is CC(C(=O)O)N(C)C(=O)C1CCCN1C(=O)c1ccccc1. The fourth-order valence-corrected chi connectivity index (χ4v) is 2.60. The summed E-state index contributed by atoms with van der Waals surface area (Å²) in [7, 11) is 1.46. The van der Waals surface area contributed by atoms with Crippen molar-refractivity contribution in [2.24, 2.45) is 0 Å². The van der Waals surface area contributed by atoms with Crippen LogP contribution < -0.4 is 0 Å². The van der Waals surface area contributed by atoms with E-state index >= 15 is 0 Å². The van der Waals surface area contributed by atoms with Crippen molar-refractivity contribution < 1.29 is 19.5 Å². The third-order valence-corrected chi connectivity index (χ3v) is 4.11. The number of carboxylic acids is 1. The van der Waals surface area contributed by atoms with Gasteiger partial charge in [-0.05, 0) is 31.9 Å². The molecule has 6 heteroatoms. The number of rotatable bonds is 4. The second-order valence-electron chi connectivity index (χ2n) is 5.49. The molecule has 1 saturated heterocycles. The molecule has 1 heterocycles. The van der Waals surface area contributed by atoms with Crippen molar-refractivity contribution in [3.8, 4) is 0 Å². The van der Waals surface area contributed by atoms with Crippen LogP contribution in [0.1, 0.15) is 30.1 Å². The molecule has 2 unspecified atom stereocenters. The van der Waals surface area contributed by atoms with E-state index in [4.69, 9.17) is 5.11 Å². The van der Waals surface area contributed by atoms with E-state index in [0.29, 0.717) is 18.5 Å². The first kappa shape index (κ1) is 16.0. The van der Waals surface area contributed by atoms with Crippen LogP contribution in [0.2, 0.25) is 0 Å². The van der Waals surface area contributed by atoms with Crippen LogP contribution in [-0.4, -0.2) is 58.4 Å². The first-order valence-electron chi connectivity index (χ1n) is 7.29. The van der Waals surface area contributed by atoms with Crippen LogP contribution in [0.3, 0.4) is 0 Å². The third-order valence-electron chi connectivity index (χ3n) is 4.11. The zero-order valence-corrected chi connectivity index (χ0v) is 12.7. The lowest BCUT2D eigenvalue weighted by molar-refractivity contribution is -0.149. The molecule has 1 aliphatic rings. The molecular weight excluding hydrogens is 284 g/mol. The summed E-state index contributed by atoms with van der Waals surface area (Å²) >= 11 is 0. The molecule has 2 rings (SSSR count). The number of carbonyl (C=O) groups is 3. The Morgan fingerprint density at radius 2 is 1.91 bits per heavy atom. The number of hydrogen-bond acceptors (Lipinski definition) is 3. The fraction of sp³-hybridized carbons (Fsp3) is 0.438. The van der Waals surface area contributed by atoms with Crippen LogP contribution in [-0.2, 0) is 9.59 Å². The van der Waals surface area contributed by atoms with Crippen molar-refractivity contribution in [3.63, 3.8) is 0 Å². The van der Waals surface area contributed by atoms with Gasteiger partial charge in [-0.25, -0.2) is 4.79 Å². The lowest BCUT2D eigenvalue weighted by Gasteiger charge is -2.30. The standard InChI is InChI=1S/C16H20N2O4/c1-11(16(21)22)17(2)15(20)13-9-6-10-18(13)14(19)12-7-4-3-5-8-12/h3-5,7-8,11,13H,6,9-10H2,1-2H3,(H,21,22). The molecule has 1 N–H and O–H groups in total. The summed E-state index contributed by atoms with van der Waals surface area (Å²) in [4.78, 5) is 38.8. The lowest BCUT2D eigenvalue weighted by atomic mass is 10.1. The molecule has 1 aromatic rings. The average Bonchev–Trinajstić information content (AvgIpc) is 3.02. The topological polar surface area (TPSA) is 77.9 Å². The van der Waals surface area contributed by atoms with Gasteiger partial charge >= 0.3 is 5.97 Å². The van der Waals surface area contributed by atoms with Gasteiger partial charge in [0, 0.05) is 19.2 Å². The number of benzene rings is 1. The molecule has 22 heavy (non-hydrogen) atoms. The van der Waals surface area contributed by atoms with Crippen molar-refractivity contribution in [3.05, 3.63) is 35.9 Å². The highest BCUT2D eigenvalue weighted by molar-refractivity contribution is 5.98. The smallest absolute Gasteiger partial charge is 0.326 e. The van der Waals surface area contributed by atoms with Crippen LogP contribution in [0.25, 0.3) is 0 Å². The van der Waals surface area contributed by atoms with E-state index < -0.39 is 18.1 Å². The molecule has 2 atom stereocenters. The zero-order chi connectivity index (χ0) is 16.3. The molecule has 0 saturated carbocycles. The monoisotopic (exact) mass is 304 g/mol. The third kappa shape index (κ3) is 3.10. The van der Waals surface area contributed by atoms with Gasteiger partial charge in [0.15, 0.2) is 0 Å². The molecule has 1 aliphatic heterocycles. The van der Waals surface area contributed by atoms with Gasteiger partial charge in [0.05, 0.1) is 0 Å². The van der Waals surface area contributed by atoms with Crippen molar-refractivity contribution in [2.45, 2.75) is 31.8 Å². The molecule has 1 fully saturated rings. The normalized spacial score (nSPS) is 18.8. The van der Waals surface area contributed by atoms with Crippen molar-refractivity contribution in [2.75, 3.05) is 13.6 Å². The minimum atomic E-state index is -1.06. The van der Waals surface area contributed by atoms with Crippen LogP contribution in [0.4, 0.5) is 0 Å². The Hall–Kier alpha value is -2.37. The molecule has 118 valence electrons.